The van der Waals surface area contributed by atoms with Crippen LogP contribution in [0.2, 0.25) is 0 Å². The summed E-state index contributed by atoms with van der Waals surface area (Å²) in [4.78, 5) is 23.3. The number of carbonyl (C=O) groups is 2. The number of carbonyl (C=O) groups excluding carboxylic acids is 2. The number of rotatable bonds is 4. The summed E-state index contributed by atoms with van der Waals surface area (Å²) in [5.74, 6) is 0.0810. The fourth-order valence-corrected chi connectivity index (χ4v) is 4.45. The lowest BCUT2D eigenvalue weighted by molar-refractivity contribution is -0.129. The number of aliphatic hydroxyl groups is 2. The highest BCUT2D eigenvalue weighted by molar-refractivity contribution is 5.82. The topological polar surface area (TPSA) is 74.6 Å². The maximum Gasteiger partial charge on any atom is 0.138 e. The maximum absolute atomic E-state index is 11.6. The fraction of sp³-hybridized carbons (Fsp3) is 0.462. The van der Waals surface area contributed by atoms with Crippen LogP contribution in [-0.4, -0.2) is 21.8 Å². The summed E-state index contributed by atoms with van der Waals surface area (Å²) in [7, 11) is 0. The van der Waals surface area contributed by atoms with Crippen LogP contribution in [0.15, 0.2) is 60.7 Å². The van der Waals surface area contributed by atoms with Crippen molar-refractivity contribution in [3.63, 3.8) is 0 Å². The largest absolute Gasteiger partial charge is 0.388 e. The van der Waals surface area contributed by atoms with E-state index < -0.39 is 12.2 Å². The molecule has 160 valence electrons. The van der Waals surface area contributed by atoms with Crippen LogP contribution in [0.5, 0.6) is 0 Å². The fourth-order valence-electron chi connectivity index (χ4n) is 4.45. The third-order valence-corrected chi connectivity index (χ3v) is 6.25. The predicted molar refractivity (Wildman–Crippen MR) is 117 cm³/mol. The van der Waals surface area contributed by atoms with Gasteiger partial charge < -0.3 is 10.2 Å². The number of benzene rings is 2. The van der Waals surface area contributed by atoms with Gasteiger partial charge in [-0.25, -0.2) is 0 Å². The molecule has 4 nitrogen and oxygen atoms in total. The second kappa shape index (κ2) is 11.2. The highest BCUT2D eigenvalue weighted by Gasteiger charge is 2.30. The molecule has 0 aromatic heterocycles. The Morgan fingerprint density at radius 3 is 1.30 bits per heavy atom. The molecular weight excluding hydrogens is 376 g/mol. The van der Waals surface area contributed by atoms with E-state index in [1.54, 1.807) is 0 Å². The molecule has 2 aliphatic carbocycles. The van der Waals surface area contributed by atoms with Crippen LogP contribution in [0, 0.1) is 11.8 Å². The highest BCUT2D eigenvalue weighted by atomic mass is 16.3. The molecule has 2 saturated carbocycles. The normalized spacial score (nSPS) is 23.8. The Bertz CT molecular complexity index is 733. The maximum atomic E-state index is 11.6. The predicted octanol–water partition coefficient (Wildman–Crippen LogP) is 4.96. The van der Waals surface area contributed by atoms with Gasteiger partial charge in [0.05, 0.1) is 12.2 Å². The Hall–Kier alpha value is -2.30. The van der Waals surface area contributed by atoms with Gasteiger partial charge in [-0.15, -0.1) is 0 Å². The summed E-state index contributed by atoms with van der Waals surface area (Å²) in [5, 5.41) is 20.2. The van der Waals surface area contributed by atoms with E-state index in [1.807, 2.05) is 60.7 Å². The Balaban J connectivity index is 0.000000171. The summed E-state index contributed by atoms with van der Waals surface area (Å²) in [6.07, 6.45) is 5.78. The molecule has 0 unspecified atom stereocenters. The van der Waals surface area contributed by atoms with Crippen LogP contribution in [0.3, 0.4) is 0 Å². The zero-order valence-electron chi connectivity index (χ0n) is 17.5. The minimum atomic E-state index is -0.612. The Labute approximate surface area is 179 Å². The van der Waals surface area contributed by atoms with Crippen molar-refractivity contribution in [3.05, 3.63) is 71.8 Å². The van der Waals surface area contributed by atoms with Gasteiger partial charge in [0.25, 0.3) is 0 Å². The summed E-state index contributed by atoms with van der Waals surface area (Å²) >= 11 is 0. The van der Waals surface area contributed by atoms with E-state index in [1.165, 1.54) is 0 Å². The molecule has 0 amide bonds. The van der Waals surface area contributed by atoms with Gasteiger partial charge in [0.1, 0.15) is 11.6 Å². The van der Waals surface area contributed by atoms with E-state index in [0.717, 1.165) is 49.7 Å². The molecule has 4 atom stereocenters. The molecule has 0 heterocycles. The van der Waals surface area contributed by atoms with Gasteiger partial charge in [0.15, 0.2) is 0 Å². The van der Waals surface area contributed by atoms with E-state index in [4.69, 9.17) is 0 Å². The molecule has 2 fully saturated rings. The van der Waals surface area contributed by atoms with Crippen molar-refractivity contribution in [2.75, 3.05) is 0 Å². The van der Waals surface area contributed by atoms with Crippen LogP contribution in [0.25, 0.3) is 0 Å². The monoisotopic (exact) mass is 408 g/mol. The van der Waals surface area contributed by atoms with E-state index in [-0.39, 0.29) is 23.4 Å². The van der Waals surface area contributed by atoms with Crippen LogP contribution in [0.4, 0.5) is 0 Å². The molecule has 0 aliphatic heterocycles. The first-order valence-electron chi connectivity index (χ1n) is 11.1. The van der Waals surface area contributed by atoms with Gasteiger partial charge in [-0.1, -0.05) is 73.5 Å². The molecule has 0 spiro atoms. The zero-order chi connectivity index (χ0) is 21.3. The second-order valence-corrected chi connectivity index (χ2v) is 8.35. The minimum absolute atomic E-state index is 0.179. The lowest BCUT2D eigenvalue weighted by Gasteiger charge is -2.25. The molecule has 0 radical (unpaired) electrons. The Kier molecular flexibility index (Phi) is 8.35. The molecule has 2 aromatic carbocycles. The Morgan fingerprint density at radius 1 is 0.600 bits per heavy atom. The van der Waals surface area contributed by atoms with E-state index in [9.17, 15) is 19.8 Å². The van der Waals surface area contributed by atoms with Crippen molar-refractivity contribution in [1.82, 2.24) is 0 Å². The first-order chi connectivity index (χ1) is 14.6. The molecule has 0 saturated heterocycles. The molecule has 4 heteroatoms. The van der Waals surface area contributed by atoms with Gasteiger partial charge in [-0.05, 0) is 36.8 Å². The number of hydrogen-bond acceptors (Lipinski definition) is 4. The molecule has 2 aromatic rings. The van der Waals surface area contributed by atoms with Crippen LogP contribution in [-0.2, 0) is 9.59 Å². The molecule has 2 N–H and O–H groups in total. The van der Waals surface area contributed by atoms with Crippen molar-refractivity contribution in [3.8, 4) is 0 Å². The summed E-state index contributed by atoms with van der Waals surface area (Å²) in [6.45, 7) is 0. The smallest absolute Gasteiger partial charge is 0.138 e. The minimum Gasteiger partial charge on any atom is -0.388 e. The van der Waals surface area contributed by atoms with Gasteiger partial charge in [0, 0.05) is 24.7 Å². The van der Waals surface area contributed by atoms with Crippen molar-refractivity contribution in [2.45, 2.75) is 63.6 Å². The third kappa shape index (κ3) is 5.87. The Morgan fingerprint density at radius 2 is 0.967 bits per heavy atom. The number of Topliss-reactive ketones (excluding diaryl/α,β-unsaturated/α-hetero) is 2. The van der Waals surface area contributed by atoms with Gasteiger partial charge >= 0.3 is 0 Å². The molecule has 0 bridgehead atoms. The van der Waals surface area contributed by atoms with Crippen molar-refractivity contribution in [1.29, 1.82) is 0 Å². The van der Waals surface area contributed by atoms with Crippen LogP contribution < -0.4 is 0 Å². The first-order valence-corrected chi connectivity index (χ1v) is 11.1. The SMILES string of the molecule is O=C1CCCC[C@@H]1[C@H](O)c1ccccc1.O=C1CCCC[C@@H]1[C@H](O)c1ccccc1. The van der Waals surface area contributed by atoms with Crippen molar-refractivity contribution >= 4 is 11.6 Å². The van der Waals surface area contributed by atoms with Crippen LogP contribution in [0.1, 0.15) is 74.7 Å². The molecular formula is C26H32O4. The number of hydrogen-bond donors (Lipinski definition) is 2. The van der Waals surface area contributed by atoms with E-state index in [0.29, 0.717) is 12.8 Å². The average molecular weight is 409 g/mol. The first kappa shape index (κ1) is 22.4. The molecule has 4 rings (SSSR count). The summed E-state index contributed by atoms with van der Waals surface area (Å²) < 4.78 is 0. The van der Waals surface area contributed by atoms with E-state index in [2.05, 4.69) is 0 Å². The highest BCUT2D eigenvalue weighted by Crippen LogP contribution is 2.32. The zero-order valence-corrected chi connectivity index (χ0v) is 17.5. The second-order valence-electron chi connectivity index (χ2n) is 8.35. The molecule has 2 aliphatic rings. The summed E-state index contributed by atoms with van der Waals surface area (Å²) in [5.41, 5.74) is 1.72. The standard InChI is InChI=1S/2C13H16O2/c2*14-12-9-5-4-8-11(12)13(15)10-6-2-1-3-7-10/h2*1-3,6-7,11,13,15H,4-5,8-9H2/t2*11-,13+/m00/s1. The quantitative estimate of drug-likeness (QED) is 0.750. The van der Waals surface area contributed by atoms with E-state index >= 15 is 0 Å². The van der Waals surface area contributed by atoms with Crippen LogP contribution >= 0.6 is 0 Å². The average Bonchev–Trinajstić information content (AvgIpc) is 2.80. The third-order valence-electron chi connectivity index (χ3n) is 6.25. The number of aliphatic hydroxyl groups excluding tert-OH is 2. The van der Waals surface area contributed by atoms with Crippen molar-refractivity contribution in [2.24, 2.45) is 11.8 Å². The van der Waals surface area contributed by atoms with Crippen molar-refractivity contribution < 1.29 is 19.8 Å². The van der Waals surface area contributed by atoms with Gasteiger partial charge in [-0.3, -0.25) is 9.59 Å². The lowest BCUT2D eigenvalue weighted by Crippen LogP contribution is -2.25. The molecule has 30 heavy (non-hydrogen) atoms. The lowest BCUT2D eigenvalue weighted by atomic mass is 9.82. The summed E-state index contributed by atoms with van der Waals surface area (Å²) in [6, 6.07) is 18.9. The number of ketones is 2. The van der Waals surface area contributed by atoms with Gasteiger partial charge in [-0.2, -0.15) is 0 Å². The van der Waals surface area contributed by atoms with Gasteiger partial charge in [0.2, 0.25) is 0 Å².